The molecule has 0 atom stereocenters. The Labute approximate surface area is 98.2 Å². The van der Waals surface area contributed by atoms with Crippen LogP contribution >= 0.6 is 0 Å². The Kier molecular flexibility index (Phi) is 2.61. The third-order valence-corrected chi connectivity index (χ3v) is 2.40. The van der Waals surface area contributed by atoms with E-state index in [2.05, 4.69) is 0 Å². The normalized spacial score (nSPS) is 11.7. The van der Waals surface area contributed by atoms with E-state index in [1.807, 2.05) is 0 Å². The first-order chi connectivity index (χ1) is 8.30. The molecule has 7 heteroatoms. The second kappa shape index (κ2) is 3.86. The zero-order chi connectivity index (χ0) is 13.5. The van der Waals surface area contributed by atoms with Crippen molar-refractivity contribution in [2.45, 2.75) is 6.18 Å². The molecule has 1 aromatic heterocycles. The van der Waals surface area contributed by atoms with Crippen molar-refractivity contribution < 1.29 is 27.9 Å². The summed E-state index contributed by atoms with van der Waals surface area (Å²) in [6.45, 7) is 0. The van der Waals surface area contributed by atoms with Crippen LogP contribution in [0.15, 0.2) is 30.5 Å². The number of aromatic nitrogens is 1. The van der Waals surface area contributed by atoms with E-state index in [1.54, 1.807) is 0 Å². The first-order valence-corrected chi connectivity index (χ1v) is 4.76. The van der Waals surface area contributed by atoms with Crippen molar-refractivity contribution in [1.29, 1.82) is 0 Å². The number of alkyl halides is 3. The van der Waals surface area contributed by atoms with Crippen LogP contribution in [0.4, 0.5) is 13.2 Å². The van der Waals surface area contributed by atoms with E-state index < -0.39 is 18.1 Å². The highest BCUT2D eigenvalue weighted by atomic mass is 19.4. The molecule has 18 heavy (non-hydrogen) atoms. The van der Waals surface area contributed by atoms with Gasteiger partial charge in [-0.3, -0.25) is 9.36 Å². The van der Waals surface area contributed by atoms with Gasteiger partial charge in [-0.25, -0.2) is 4.79 Å². The van der Waals surface area contributed by atoms with Gasteiger partial charge in [-0.15, -0.1) is 0 Å². The van der Waals surface area contributed by atoms with Crippen LogP contribution < -0.4 is 0 Å². The smallest absolute Gasteiger partial charge is 0.472 e. The van der Waals surface area contributed by atoms with Crippen LogP contribution in [0.2, 0.25) is 0 Å². The van der Waals surface area contributed by atoms with E-state index >= 15 is 0 Å². The molecule has 0 fully saturated rings. The largest absolute Gasteiger partial charge is 0.478 e. The SMILES string of the molecule is O=C(O)c1ccc2ccn(C(=O)C(F)(F)F)c2c1. The monoisotopic (exact) mass is 257 g/mol. The Morgan fingerprint density at radius 3 is 2.39 bits per heavy atom. The van der Waals surface area contributed by atoms with Gasteiger partial charge in [0.1, 0.15) is 0 Å². The topological polar surface area (TPSA) is 59.3 Å². The minimum absolute atomic E-state index is 0.0859. The van der Waals surface area contributed by atoms with Gasteiger partial charge in [0.25, 0.3) is 0 Å². The number of carboxylic acid groups (broad SMARTS) is 1. The zero-order valence-corrected chi connectivity index (χ0v) is 8.73. The average molecular weight is 257 g/mol. The number of hydrogen-bond donors (Lipinski definition) is 1. The molecule has 94 valence electrons. The van der Waals surface area contributed by atoms with Crippen LogP contribution in [0, 0.1) is 0 Å². The lowest BCUT2D eigenvalue weighted by atomic mass is 10.1. The predicted octanol–water partition coefficient (Wildman–Crippen LogP) is 2.54. The van der Waals surface area contributed by atoms with Crippen molar-refractivity contribution >= 4 is 22.8 Å². The zero-order valence-electron chi connectivity index (χ0n) is 8.73. The lowest BCUT2D eigenvalue weighted by Gasteiger charge is -2.07. The van der Waals surface area contributed by atoms with E-state index in [1.165, 1.54) is 18.2 Å². The summed E-state index contributed by atoms with van der Waals surface area (Å²) >= 11 is 0. The van der Waals surface area contributed by atoms with Crippen LogP contribution in [-0.2, 0) is 0 Å². The molecule has 0 aliphatic carbocycles. The van der Waals surface area contributed by atoms with E-state index in [0.29, 0.717) is 9.95 Å². The number of carbonyl (C=O) groups excluding carboxylic acids is 1. The van der Waals surface area contributed by atoms with Crippen molar-refractivity contribution in [1.82, 2.24) is 4.57 Å². The molecule has 0 aliphatic heterocycles. The number of benzene rings is 1. The summed E-state index contributed by atoms with van der Waals surface area (Å²) in [5.74, 6) is -3.33. The second-order valence-electron chi connectivity index (χ2n) is 3.57. The maximum absolute atomic E-state index is 12.3. The number of hydrogen-bond acceptors (Lipinski definition) is 2. The molecular formula is C11H6F3NO3. The predicted molar refractivity (Wildman–Crippen MR) is 55.6 cm³/mol. The number of carbonyl (C=O) groups is 2. The Morgan fingerprint density at radius 1 is 1.17 bits per heavy atom. The third-order valence-electron chi connectivity index (χ3n) is 2.40. The second-order valence-corrected chi connectivity index (χ2v) is 3.57. The molecule has 0 amide bonds. The number of fused-ring (bicyclic) bond motifs is 1. The summed E-state index contributed by atoms with van der Waals surface area (Å²) in [6.07, 6.45) is -4.04. The lowest BCUT2D eigenvalue weighted by molar-refractivity contribution is -0.0942. The molecule has 0 aliphatic rings. The lowest BCUT2D eigenvalue weighted by Crippen LogP contribution is -2.28. The summed E-state index contributed by atoms with van der Waals surface area (Å²) in [5.41, 5.74) is -0.269. The van der Waals surface area contributed by atoms with Gasteiger partial charge in [-0.05, 0) is 18.2 Å². The summed E-state index contributed by atoms with van der Waals surface area (Å²) in [7, 11) is 0. The highest BCUT2D eigenvalue weighted by molar-refractivity contribution is 5.98. The molecule has 0 saturated heterocycles. The standard InChI is InChI=1S/C11H6F3NO3/c12-11(13,14)10(18)15-4-3-6-1-2-7(9(16)17)5-8(6)15/h1-5H,(H,16,17). The molecule has 1 heterocycles. The van der Waals surface area contributed by atoms with E-state index in [4.69, 9.17) is 5.11 Å². The first kappa shape index (κ1) is 12.2. The molecule has 0 bridgehead atoms. The first-order valence-electron chi connectivity index (χ1n) is 4.76. The van der Waals surface area contributed by atoms with E-state index in [0.717, 1.165) is 12.3 Å². The quantitative estimate of drug-likeness (QED) is 0.854. The van der Waals surface area contributed by atoms with Gasteiger partial charge >= 0.3 is 18.1 Å². The van der Waals surface area contributed by atoms with Crippen LogP contribution in [0.1, 0.15) is 15.2 Å². The van der Waals surface area contributed by atoms with Crippen LogP contribution in [0.5, 0.6) is 0 Å². The molecule has 2 rings (SSSR count). The minimum atomic E-state index is -5.01. The number of nitrogens with zero attached hydrogens (tertiary/aromatic N) is 1. The Morgan fingerprint density at radius 2 is 1.83 bits per heavy atom. The Bertz CT molecular complexity index is 643. The highest BCUT2D eigenvalue weighted by Gasteiger charge is 2.40. The molecule has 1 N–H and O–H groups in total. The fourth-order valence-corrected chi connectivity index (χ4v) is 1.58. The Hall–Kier alpha value is -2.31. The molecule has 0 radical (unpaired) electrons. The molecular weight excluding hydrogens is 251 g/mol. The van der Waals surface area contributed by atoms with Crippen LogP contribution in [0.3, 0.4) is 0 Å². The van der Waals surface area contributed by atoms with Crippen molar-refractivity contribution in [2.75, 3.05) is 0 Å². The van der Waals surface area contributed by atoms with Gasteiger partial charge in [0.2, 0.25) is 0 Å². The molecule has 0 saturated carbocycles. The van der Waals surface area contributed by atoms with Gasteiger partial charge in [0.05, 0.1) is 11.1 Å². The summed E-state index contributed by atoms with van der Waals surface area (Å²) in [4.78, 5) is 21.8. The number of carboxylic acids is 1. The van der Waals surface area contributed by atoms with Gasteiger partial charge in [0.15, 0.2) is 0 Å². The molecule has 1 aromatic carbocycles. The third kappa shape index (κ3) is 1.94. The van der Waals surface area contributed by atoms with Crippen LogP contribution in [0.25, 0.3) is 10.9 Å². The summed E-state index contributed by atoms with van der Waals surface area (Å²) in [5, 5.41) is 9.11. The van der Waals surface area contributed by atoms with Crippen molar-refractivity contribution in [2.24, 2.45) is 0 Å². The molecule has 0 spiro atoms. The van der Waals surface area contributed by atoms with Gasteiger partial charge in [-0.2, -0.15) is 13.2 Å². The van der Waals surface area contributed by atoms with Crippen molar-refractivity contribution in [3.8, 4) is 0 Å². The number of aromatic carboxylic acids is 1. The van der Waals surface area contributed by atoms with Crippen LogP contribution in [-0.4, -0.2) is 27.7 Å². The van der Waals surface area contributed by atoms with Crippen molar-refractivity contribution in [3.05, 3.63) is 36.0 Å². The molecule has 0 unspecified atom stereocenters. The Balaban J connectivity index is 2.62. The maximum atomic E-state index is 12.3. The van der Waals surface area contributed by atoms with Gasteiger partial charge in [-0.1, -0.05) is 6.07 Å². The fourth-order valence-electron chi connectivity index (χ4n) is 1.58. The maximum Gasteiger partial charge on any atom is 0.472 e. The fraction of sp³-hybridized carbons (Fsp3) is 0.0909. The molecule has 4 nitrogen and oxygen atoms in total. The van der Waals surface area contributed by atoms with Crippen molar-refractivity contribution in [3.63, 3.8) is 0 Å². The van der Waals surface area contributed by atoms with E-state index in [9.17, 15) is 22.8 Å². The molecule has 2 aromatic rings. The van der Waals surface area contributed by atoms with E-state index in [-0.39, 0.29) is 11.1 Å². The minimum Gasteiger partial charge on any atom is -0.478 e. The summed E-state index contributed by atoms with van der Waals surface area (Å²) < 4.78 is 37.3. The number of rotatable bonds is 1. The highest BCUT2D eigenvalue weighted by Crippen LogP contribution is 2.23. The summed E-state index contributed by atoms with van der Waals surface area (Å²) in [6, 6.07) is 4.94. The number of halogens is 3. The van der Waals surface area contributed by atoms with Gasteiger partial charge < -0.3 is 5.11 Å². The average Bonchev–Trinajstić information content (AvgIpc) is 2.68. The van der Waals surface area contributed by atoms with Gasteiger partial charge in [0, 0.05) is 11.6 Å².